The van der Waals surface area contributed by atoms with Gasteiger partial charge in [-0.1, -0.05) is 0 Å². The van der Waals surface area contributed by atoms with Gasteiger partial charge in [0.2, 0.25) is 0 Å². The summed E-state index contributed by atoms with van der Waals surface area (Å²) in [4.78, 5) is 0. The van der Waals surface area contributed by atoms with Gasteiger partial charge in [0, 0.05) is 11.6 Å². The van der Waals surface area contributed by atoms with Crippen LogP contribution in [-0.2, 0) is 0 Å². The highest BCUT2D eigenvalue weighted by atomic mass is 19.1. The molecule has 5 heteroatoms. The summed E-state index contributed by atoms with van der Waals surface area (Å²) < 4.78 is 31.3. The summed E-state index contributed by atoms with van der Waals surface area (Å²) in [6, 6.07) is 9.35. The average molecular weight is 248 g/mol. The number of benzene rings is 2. The fourth-order valence-corrected chi connectivity index (χ4v) is 1.39. The summed E-state index contributed by atoms with van der Waals surface area (Å²) >= 11 is 0. The number of nitrogen functional groups attached to an aromatic ring is 1. The van der Waals surface area contributed by atoms with Crippen molar-refractivity contribution in [2.75, 3.05) is 0 Å². The Kier molecular flexibility index (Phi) is 3.23. The molecule has 0 saturated heterocycles. The van der Waals surface area contributed by atoms with E-state index in [2.05, 4.69) is 0 Å². The van der Waals surface area contributed by atoms with Gasteiger partial charge in [0.1, 0.15) is 17.4 Å². The number of ether oxygens (including phenoxy) is 1. The van der Waals surface area contributed by atoms with Crippen LogP contribution in [0.4, 0.5) is 8.78 Å². The monoisotopic (exact) mass is 248 g/mol. The van der Waals surface area contributed by atoms with Crippen LogP contribution < -0.4 is 10.5 Å². The number of hydrogen-bond acceptors (Lipinski definition) is 2. The predicted octanol–water partition coefficient (Wildman–Crippen LogP) is 3.04. The van der Waals surface area contributed by atoms with Crippen molar-refractivity contribution in [3.8, 4) is 11.5 Å². The first-order chi connectivity index (χ1) is 8.56. The van der Waals surface area contributed by atoms with Gasteiger partial charge >= 0.3 is 0 Å². The van der Waals surface area contributed by atoms with Gasteiger partial charge in [-0.25, -0.2) is 8.78 Å². The average Bonchev–Trinajstić information content (AvgIpc) is 2.33. The molecule has 0 aliphatic rings. The molecular formula is C13H10F2N2O. The molecule has 0 heterocycles. The van der Waals surface area contributed by atoms with Crippen molar-refractivity contribution >= 4 is 5.84 Å². The minimum Gasteiger partial charge on any atom is -0.454 e. The highest BCUT2D eigenvalue weighted by Gasteiger charge is 2.06. The van der Waals surface area contributed by atoms with Gasteiger partial charge in [-0.15, -0.1) is 0 Å². The molecule has 2 rings (SSSR count). The van der Waals surface area contributed by atoms with Crippen LogP contribution in [0.2, 0.25) is 0 Å². The molecule has 0 aliphatic carbocycles. The Hall–Kier alpha value is -2.43. The molecule has 0 aliphatic heterocycles. The summed E-state index contributed by atoms with van der Waals surface area (Å²) in [6.45, 7) is 0. The largest absolute Gasteiger partial charge is 0.454 e. The Bertz CT molecular complexity index is 582. The van der Waals surface area contributed by atoms with Gasteiger partial charge < -0.3 is 10.5 Å². The van der Waals surface area contributed by atoms with Gasteiger partial charge in [0.15, 0.2) is 11.6 Å². The van der Waals surface area contributed by atoms with Crippen molar-refractivity contribution in [1.29, 1.82) is 5.41 Å². The molecular weight excluding hydrogens is 238 g/mol. The Balaban J connectivity index is 2.21. The first kappa shape index (κ1) is 12.0. The number of hydrogen-bond donors (Lipinski definition) is 2. The lowest BCUT2D eigenvalue weighted by Crippen LogP contribution is -2.10. The summed E-state index contributed by atoms with van der Waals surface area (Å²) in [5.74, 6) is -1.18. The zero-order valence-electron chi connectivity index (χ0n) is 9.28. The van der Waals surface area contributed by atoms with Crippen molar-refractivity contribution in [2.45, 2.75) is 0 Å². The summed E-state index contributed by atoms with van der Waals surface area (Å²) in [5.41, 5.74) is 5.84. The predicted molar refractivity (Wildman–Crippen MR) is 63.9 cm³/mol. The van der Waals surface area contributed by atoms with Crippen LogP contribution in [0.25, 0.3) is 0 Å². The minimum atomic E-state index is -0.773. The lowest BCUT2D eigenvalue weighted by atomic mass is 10.2. The molecule has 0 fully saturated rings. The Morgan fingerprint density at radius 2 is 1.72 bits per heavy atom. The van der Waals surface area contributed by atoms with Crippen molar-refractivity contribution in [2.24, 2.45) is 5.73 Å². The van der Waals surface area contributed by atoms with E-state index in [0.29, 0.717) is 11.3 Å². The highest BCUT2D eigenvalue weighted by Crippen LogP contribution is 2.24. The van der Waals surface area contributed by atoms with Crippen LogP contribution in [0.3, 0.4) is 0 Å². The lowest BCUT2D eigenvalue weighted by molar-refractivity contribution is 0.437. The molecule has 18 heavy (non-hydrogen) atoms. The maximum absolute atomic E-state index is 13.3. The van der Waals surface area contributed by atoms with Gasteiger partial charge in [0.25, 0.3) is 0 Å². The third kappa shape index (κ3) is 2.63. The maximum atomic E-state index is 13.3. The van der Waals surface area contributed by atoms with E-state index >= 15 is 0 Å². The molecule has 2 aromatic rings. The molecule has 0 spiro atoms. The zero-order valence-corrected chi connectivity index (χ0v) is 9.28. The maximum Gasteiger partial charge on any atom is 0.168 e. The molecule has 0 saturated carbocycles. The summed E-state index contributed by atoms with van der Waals surface area (Å²) in [7, 11) is 0. The SMILES string of the molecule is N=C(N)c1ccc(Oc2ccc(F)cc2F)cc1. The van der Waals surface area contributed by atoms with Crippen molar-refractivity contribution in [3.05, 3.63) is 59.7 Å². The number of halogens is 2. The second-order valence-electron chi connectivity index (χ2n) is 3.61. The molecule has 0 unspecified atom stereocenters. The summed E-state index contributed by atoms with van der Waals surface area (Å²) in [5, 5.41) is 7.22. The Morgan fingerprint density at radius 1 is 1.06 bits per heavy atom. The highest BCUT2D eigenvalue weighted by molar-refractivity contribution is 5.94. The van der Waals surface area contributed by atoms with E-state index in [-0.39, 0.29) is 11.6 Å². The van der Waals surface area contributed by atoms with E-state index in [1.165, 1.54) is 6.07 Å². The fraction of sp³-hybridized carbons (Fsp3) is 0. The second-order valence-corrected chi connectivity index (χ2v) is 3.61. The van der Waals surface area contributed by atoms with E-state index < -0.39 is 11.6 Å². The van der Waals surface area contributed by atoms with Gasteiger partial charge in [-0.2, -0.15) is 0 Å². The third-order valence-electron chi connectivity index (χ3n) is 2.29. The molecule has 0 aromatic heterocycles. The topological polar surface area (TPSA) is 59.1 Å². The number of nitrogens with two attached hydrogens (primary N) is 1. The van der Waals surface area contributed by atoms with E-state index in [9.17, 15) is 8.78 Å². The van der Waals surface area contributed by atoms with Crippen molar-refractivity contribution in [3.63, 3.8) is 0 Å². The zero-order chi connectivity index (χ0) is 13.1. The van der Waals surface area contributed by atoms with E-state index in [1.54, 1.807) is 24.3 Å². The van der Waals surface area contributed by atoms with Gasteiger partial charge in [0.05, 0.1) is 0 Å². The second kappa shape index (κ2) is 4.83. The van der Waals surface area contributed by atoms with Crippen LogP contribution in [0, 0.1) is 17.0 Å². The fourth-order valence-electron chi connectivity index (χ4n) is 1.39. The smallest absolute Gasteiger partial charge is 0.168 e. The Labute approximate surface area is 102 Å². The van der Waals surface area contributed by atoms with Gasteiger partial charge in [-0.05, 0) is 36.4 Å². The normalized spacial score (nSPS) is 10.1. The molecule has 3 N–H and O–H groups in total. The van der Waals surface area contributed by atoms with E-state index in [0.717, 1.165) is 12.1 Å². The molecule has 0 radical (unpaired) electrons. The van der Waals surface area contributed by atoms with Crippen LogP contribution in [-0.4, -0.2) is 5.84 Å². The van der Waals surface area contributed by atoms with E-state index in [4.69, 9.17) is 15.9 Å². The third-order valence-corrected chi connectivity index (χ3v) is 2.29. The van der Waals surface area contributed by atoms with Crippen LogP contribution in [0.5, 0.6) is 11.5 Å². The minimum absolute atomic E-state index is 0.0606. The van der Waals surface area contributed by atoms with Crippen molar-refractivity contribution < 1.29 is 13.5 Å². The van der Waals surface area contributed by atoms with Crippen LogP contribution in [0.1, 0.15) is 5.56 Å². The number of rotatable bonds is 3. The molecule has 0 amide bonds. The number of nitrogens with one attached hydrogen (secondary N) is 1. The standard InChI is InChI=1S/C13H10F2N2O/c14-9-3-6-12(11(15)7-9)18-10-4-1-8(2-5-10)13(16)17/h1-7H,(H3,16,17). The first-order valence-corrected chi connectivity index (χ1v) is 5.13. The molecule has 92 valence electrons. The van der Waals surface area contributed by atoms with Crippen LogP contribution >= 0.6 is 0 Å². The Morgan fingerprint density at radius 3 is 2.28 bits per heavy atom. The molecule has 2 aromatic carbocycles. The van der Waals surface area contributed by atoms with E-state index in [1.807, 2.05) is 0 Å². The molecule has 3 nitrogen and oxygen atoms in total. The summed E-state index contributed by atoms with van der Waals surface area (Å²) in [6.07, 6.45) is 0. The molecule has 0 bridgehead atoms. The molecule has 0 atom stereocenters. The first-order valence-electron chi connectivity index (χ1n) is 5.13. The lowest BCUT2D eigenvalue weighted by Gasteiger charge is -2.07. The van der Waals surface area contributed by atoms with Crippen LogP contribution in [0.15, 0.2) is 42.5 Å². The number of amidine groups is 1. The quantitative estimate of drug-likeness (QED) is 0.647. The van der Waals surface area contributed by atoms with Gasteiger partial charge in [-0.3, -0.25) is 5.41 Å². The van der Waals surface area contributed by atoms with Crippen molar-refractivity contribution in [1.82, 2.24) is 0 Å².